The fraction of sp³-hybridized carbons (Fsp3) is 0.500. The van der Waals surface area contributed by atoms with Crippen molar-refractivity contribution in [3.63, 3.8) is 0 Å². The van der Waals surface area contributed by atoms with E-state index in [1.54, 1.807) is 11.8 Å². The third kappa shape index (κ3) is 4.35. The van der Waals surface area contributed by atoms with Gasteiger partial charge >= 0.3 is 5.97 Å². The van der Waals surface area contributed by atoms with E-state index in [9.17, 15) is 4.79 Å². The van der Waals surface area contributed by atoms with Crippen molar-refractivity contribution in [1.29, 1.82) is 0 Å². The minimum atomic E-state index is -0.769. The van der Waals surface area contributed by atoms with Crippen LogP contribution in [-0.2, 0) is 11.3 Å². The van der Waals surface area contributed by atoms with Gasteiger partial charge in [0.05, 0.1) is 0 Å². The number of carbonyl (C=O) groups is 1. The van der Waals surface area contributed by atoms with Gasteiger partial charge in [0.15, 0.2) is 0 Å². The molecule has 3 nitrogen and oxygen atoms in total. The zero-order valence-electron chi connectivity index (χ0n) is 11.2. The Bertz CT molecular complexity index is 407. The van der Waals surface area contributed by atoms with E-state index < -0.39 is 12.0 Å². The highest BCUT2D eigenvalue weighted by molar-refractivity contribution is 7.98. The summed E-state index contributed by atoms with van der Waals surface area (Å²) in [5.41, 5.74) is 3.65. The molecule has 0 saturated heterocycles. The molecule has 100 valence electrons. The number of carboxylic acids is 1. The Morgan fingerprint density at radius 1 is 1.44 bits per heavy atom. The van der Waals surface area contributed by atoms with Crippen molar-refractivity contribution in [3.8, 4) is 0 Å². The first kappa shape index (κ1) is 15.1. The van der Waals surface area contributed by atoms with E-state index in [1.165, 1.54) is 16.7 Å². The highest BCUT2D eigenvalue weighted by atomic mass is 32.2. The van der Waals surface area contributed by atoms with Crippen LogP contribution in [0.4, 0.5) is 0 Å². The molecular formula is C14H21NO2S. The molecule has 1 aromatic rings. The summed E-state index contributed by atoms with van der Waals surface area (Å²) >= 11 is 1.67. The summed E-state index contributed by atoms with van der Waals surface area (Å²) in [6, 6.07) is 5.67. The molecule has 1 unspecified atom stereocenters. The zero-order valence-corrected chi connectivity index (χ0v) is 12.0. The Labute approximate surface area is 113 Å². The quantitative estimate of drug-likeness (QED) is 0.797. The fourth-order valence-corrected chi connectivity index (χ4v) is 2.26. The van der Waals surface area contributed by atoms with Crippen LogP contribution >= 0.6 is 11.8 Å². The lowest BCUT2D eigenvalue weighted by atomic mass is 10.0. The van der Waals surface area contributed by atoms with Crippen LogP contribution in [0.2, 0.25) is 0 Å². The molecule has 0 aliphatic rings. The smallest absolute Gasteiger partial charge is 0.320 e. The number of rotatable bonds is 7. The number of hydrogen-bond donors (Lipinski definition) is 2. The maximum Gasteiger partial charge on any atom is 0.320 e. The van der Waals surface area contributed by atoms with Crippen molar-refractivity contribution >= 4 is 17.7 Å². The summed E-state index contributed by atoms with van der Waals surface area (Å²) in [7, 11) is 0. The normalized spacial score (nSPS) is 12.4. The van der Waals surface area contributed by atoms with Crippen LogP contribution in [0.25, 0.3) is 0 Å². The molecule has 2 N–H and O–H groups in total. The van der Waals surface area contributed by atoms with Crippen LogP contribution in [-0.4, -0.2) is 29.1 Å². The first-order valence-corrected chi connectivity index (χ1v) is 7.46. The van der Waals surface area contributed by atoms with E-state index in [4.69, 9.17) is 5.11 Å². The molecule has 1 aromatic carbocycles. The van der Waals surface area contributed by atoms with Crippen molar-refractivity contribution in [2.75, 3.05) is 12.0 Å². The van der Waals surface area contributed by atoms with Crippen molar-refractivity contribution in [3.05, 3.63) is 34.9 Å². The predicted octanol–water partition coefficient (Wildman–Crippen LogP) is 2.60. The van der Waals surface area contributed by atoms with E-state index in [1.807, 2.05) is 18.4 Å². The molecule has 0 amide bonds. The lowest BCUT2D eigenvalue weighted by Crippen LogP contribution is -2.36. The third-order valence-electron chi connectivity index (χ3n) is 3.16. The lowest BCUT2D eigenvalue weighted by Gasteiger charge is -2.15. The molecule has 18 heavy (non-hydrogen) atoms. The number of benzene rings is 1. The van der Waals surface area contributed by atoms with Crippen molar-refractivity contribution in [1.82, 2.24) is 5.32 Å². The molecule has 0 aromatic heterocycles. The molecule has 0 fully saturated rings. The van der Waals surface area contributed by atoms with E-state index in [2.05, 4.69) is 25.2 Å². The Hall–Kier alpha value is -1.00. The van der Waals surface area contributed by atoms with Crippen molar-refractivity contribution in [2.45, 2.75) is 32.9 Å². The summed E-state index contributed by atoms with van der Waals surface area (Å²) < 4.78 is 0. The minimum absolute atomic E-state index is 0.461. The monoisotopic (exact) mass is 267 g/mol. The number of aryl methyl sites for hydroxylation is 1. The Morgan fingerprint density at radius 3 is 2.78 bits per heavy atom. The average Bonchev–Trinajstić information content (AvgIpc) is 2.33. The van der Waals surface area contributed by atoms with Gasteiger partial charge in [-0.05, 0) is 49.0 Å². The molecule has 0 bridgehead atoms. The third-order valence-corrected chi connectivity index (χ3v) is 3.81. The maximum atomic E-state index is 11.1. The second-order valence-electron chi connectivity index (χ2n) is 4.41. The van der Waals surface area contributed by atoms with Crippen molar-refractivity contribution < 1.29 is 9.90 Å². The van der Waals surface area contributed by atoms with Gasteiger partial charge in [-0.1, -0.05) is 18.2 Å². The van der Waals surface area contributed by atoms with Crippen LogP contribution < -0.4 is 5.32 Å². The van der Waals surface area contributed by atoms with E-state index in [0.717, 1.165) is 5.75 Å². The van der Waals surface area contributed by atoms with Gasteiger partial charge in [-0.25, -0.2) is 0 Å². The second-order valence-corrected chi connectivity index (χ2v) is 5.40. The molecule has 1 atom stereocenters. The van der Waals surface area contributed by atoms with Gasteiger partial charge in [-0.3, -0.25) is 4.79 Å². The summed E-state index contributed by atoms with van der Waals surface area (Å²) in [4.78, 5) is 11.1. The molecule has 4 heteroatoms. The first-order chi connectivity index (χ1) is 8.56. The Balaban J connectivity index is 2.61. The molecule has 0 aliphatic heterocycles. The van der Waals surface area contributed by atoms with Crippen LogP contribution in [0.3, 0.4) is 0 Å². The largest absolute Gasteiger partial charge is 0.480 e. The van der Waals surface area contributed by atoms with E-state index in [-0.39, 0.29) is 0 Å². The highest BCUT2D eigenvalue weighted by Gasteiger charge is 2.16. The van der Waals surface area contributed by atoms with Gasteiger partial charge in [0.2, 0.25) is 0 Å². The molecule has 0 saturated carbocycles. The number of carboxylic acid groups (broad SMARTS) is 1. The lowest BCUT2D eigenvalue weighted by molar-refractivity contribution is -0.139. The second kappa shape index (κ2) is 7.44. The van der Waals surface area contributed by atoms with Gasteiger partial charge < -0.3 is 10.4 Å². The Kier molecular flexibility index (Phi) is 6.22. The maximum absolute atomic E-state index is 11.1. The van der Waals surface area contributed by atoms with Crippen LogP contribution in [0, 0.1) is 13.8 Å². The van der Waals surface area contributed by atoms with Crippen LogP contribution in [0.15, 0.2) is 18.2 Å². The Morgan fingerprint density at radius 2 is 2.17 bits per heavy atom. The van der Waals surface area contributed by atoms with Gasteiger partial charge in [0.1, 0.15) is 6.04 Å². The topological polar surface area (TPSA) is 49.3 Å². The van der Waals surface area contributed by atoms with Gasteiger partial charge in [-0.15, -0.1) is 0 Å². The summed E-state index contributed by atoms with van der Waals surface area (Å²) in [6.07, 6.45) is 2.64. The van der Waals surface area contributed by atoms with Crippen LogP contribution in [0.1, 0.15) is 23.1 Å². The van der Waals surface area contributed by atoms with Gasteiger partial charge in [0.25, 0.3) is 0 Å². The van der Waals surface area contributed by atoms with Crippen molar-refractivity contribution in [2.24, 2.45) is 0 Å². The van der Waals surface area contributed by atoms with E-state index >= 15 is 0 Å². The highest BCUT2D eigenvalue weighted by Crippen LogP contribution is 2.13. The first-order valence-electron chi connectivity index (χ1n) is 6.06. The molecule has 0 spiro atoms. The fourth-order valence-electron chi connectivity index (χ4n) is 1.79. The number of aliphatic carboxylic acids is 1. The van der Waals surface area contributed by atoms with E-state index in [0.29, 0.717) is 13.0 Å². The SMILES string of the molecule is CSCCC(NCc1cccc(C)c1C)C(=O)O. The van der Waals surface area contributed by atoms with Gasteiger partial charge in [0, 0.05) is 6.54 Å². The minimum Gasteiger partial charge on any atom is -0.480 e. The standard InChI is InChI=1S/C14H21NO2S/c1-10-5-4-6-12(11(10)2)9-15-13(14(16)17)7-8-18-3/h4-6,13,15H,7-9H2,1-3H3,(H,16,17). The molecule has 1 rings (SSSR count). The number of thioether (sulfide) groups is 1. The van der Waals surface area contributed by atoms with Crippen LogP contribution in [0.5, 0.6) is 0 Å². The van der Waals surface area contributed by atoms with Gasteiger partial charge in [-0.2, -0.15) is 11.8 Å². The molecular weight excluding hydrogens is 246 g/mol. The average molecular weight is 267 g/mol. The molecule has 0 aliphatic carbocycles. The summed E-state index contributed by atoms with van der Waals surface area (Å²) in [6.45, 7) is 4.75. The predicted molar refractivity (Wildman–Crippen MR) is 77.2 cm³/mol. The number of nitrogens with one attached hydrogen (secondary N) is 1. The summed E-state index contributed by atoms with van der Waals surface area (Å²) in [5, 5.41) is 12.3. The zero-order chi connectivity index (χ0) is 13.5. The molecule has 0 heterocycles. The molecule has 0 radical (unpaired) electrons. The number of hydrogen-bond acceptors (Lipinski definition) is 3. The summed E-state index contributed by atoms with van der Waals surface area (Å²) in [5.74, 6) is 0.0888.